The van der Waals surface area contributed by atoms with Crippen LogP contribution in [0, 0.1) is 0 Å². The van der Waals surface area contributed by atoms with Crippen LogP contribution in [0.3, 0.4) is 0 Å². The Hall–Kier alpha value is -6.86. The predicted molar refractivity (Wildman–Crippen MR) is 203 cm³/mol. The zero-order valence-corrected chi connectivity index (χ0v) is 26.3. The number of hydrogen-bond donors (Lipinski definition) is 3. The van der Waals surface area contributed by atoms with E-state index in [0.29, 0.717) is 5.69 Å². The Morgan fingerprint density at radius 3 is 0.878 bits per heavy atom. The van der Waals surface area contributed by atoms with Gasteiger partial charge in [0.05, 0.1) is 44.8 Å². The minimum absolute atomic E-state index is 0.625. The van der Waals surface area contributed by atoms with Crippen LogP contribution in [0.1, 0.15) is 0 Å². The second-order valence-corrected chi connectivity index (χ2v) is 12.3. The first-order valence-electron chi connectivity index (χ1n) is 16.0. The van der Waals surface area contributed by atoms with Gasteiger partial charge in [-0.2, -0.15) is 0 Å². The molecule has 49 heavy (non-hydrogen) atoms. The van der Waals surface area contributed by atoms with Crippen molar-refractivity contribution in [3.8, 4) is 45.0 Å². The van der Waals surface area contributed by atoms with E-state index in [4.69, 9.17) is 37.1 Å². The molecule has 0 aliphatic carbocycles. The number of nitrogen functional groups attached to an aromatic ring is 3. The molecule has 4 aromatic heterocycles. The third-order valence-electron chi connectivity index (χ3n) is 9.00. The minimum Gasteiger partial charge on any atom is -0.399 e. The normalized spacial score (nSPS) is 11.5. The molecule has 232 valence electrons. The van der Waals surface area contributed by atoms with Crippen LogP contribution in [0.4, 0.5) is 17.1 Å². The molecule has 0 radical (unpaired) electrons. The van der Waals surface area contributed by atoms with Gasteiger partial charge in [-0.1, -0.05) is 72.8 Å². The molecule has 0 aliphatic rings. The molecule has 5 aromatic carbocycles. The molecular weight excluding hydrogens is 603 g/mol. The van der Waals surface area contributed by atoms with E-state index < -0.39 is 0 Å². The molecule has 0 fully saturated rings. The summed E-state index contributed by atoms with van der Waals surface area (Å²) in [6, 6.07) is 46.3. The molecule has 0 unspecified atom stereocenters. The van der Waals surface area contributed by atoms with Crippen molar-refractivity contribution in [1.82, 2.24) is 19.9 Å². The van der Waals surface area contributed by atoms with E-state index in [-0.39, 0.29) is 0 Å². The Labute approximate surface area is 281 Å². The summed E-state index contributed by atoms with van der Waals surface area (Å²) in [4.78, 5) is 20.4. The monoisotopic (exact) mass is 631 g/mol. The second-order valence-electron chi connectivity index (χ2n) is 12.3. The summed E-state index contributed by atoms with van der Waals surface area (Å²) < 4.78 is 0. The first kappa shape index (κ1) is 28.4. The van der Waals surface area contributed by atoms with E-state index in [9.17, 15) is 0 Å². The second kappa shape index (κ2) is 11.1. The molecule has 4 heterocycles. The molecule has 0 amide bonds. The lowest BCUT2D eigenvalue weighted by Gasteiger charge is -2.11. The van der Waals surface area contributed by atoms with Gasteiger partial charge < -0.3 is 17.2 Å². The summed E-state index contributed by atoms with van der Waals surface area (Å²) in [6.07, 6.45) is 0. The fourth-order valence-electron chi connectivity index (χ4n) is 6.43. The van der Waals surface area contributed by atoms with Gasteiger partial charge in [0.25, 0.3) is 0 Å². The number of benzene rings is 5. The van der Waals surface area contributed by atoms with Crippen molar-refractivity contribution in [2.75, 3.05) is 17.2 Å². The first-order valence-corrected chi connectivity index (χ1v) is 16.0. The van der Waals surface area contributed by atoms with Gasteiger partial charge in [-0.05, 0) is 66.7 Å². The van der Waals surface area contributed by atoms with Crippen molar-refractivity contribution in [3.63, 3.8) is 0 Å². The van der Waals surface area contributed by atoms with Crippen LogP contribution >= 0.6 is 0 Å². The summed E-state index contributed by atoms with van der Waals surface area (Å²) in [5.74, 6) is 0. The standard InChI is InChI=1S/C42H29N7/c43-32-13-5-24(6-14-32)35-17-9-26-1-3-28-11-19-37(48-41(28)39(26)46-35)30-21-31(23-34(45)22-30)38-20-12-29-4-2-27-10-18-36(47-40(27)42(29)49-38)25-7-15-33(44)16-8-25/h1-23H,43-45H2. The van der Waals surface area contributed by atoms with Crippen molar-refractivity contribution in [3.05, 3.63) is 140 Å². The fraction of sp³-hybridized carbons (Fsp3) is 0. The molecule has 0 spiro atoms. The number of aromatic nitrogens is 4. The van der Waals surface area contributed by atoms with Crippen molar-refractivity contribution < 1.29 is 0 Å². The number of hydrogen-bond acceptors (Lipinski definition) is 7. The number of anilines is 3. The summed E-state index contributed by atoms with van der Waals surface area (Å²) in [5.41, 5.74) is 30.9. The highest BCUT2D eigenvalue weighted by Gasteiger charge is 2.13. The van der Waals surface area contributed by atoms with Crippen LogP contribution in [0.15, 0.2) is 140 Å². The highest BCUT2D eigenvalue weighted by molar-refractivity contribution is 6.05. The highest BCUT2D eigenvalue weighted by Crippen LogP contribution is 2.34. The van der Waals surface area contributed by atoms with Gasteiger partial charge in [-0.15, -0.1) is 0 Å². The van der Waals surface area contributed by atoms with Crippen LogP contribution in [0.5, 0.6) is 0 Å². The Morgan fingerprint density at radius 2 is 0.551 bits per heavy atom. The quantitative estimate of drug-likeness (QED) is 0.130. The summed E-state index contributed by atoms with van der Waals surface area (Å²) in [7, 11) is 0. The van der Waals surface area contributed by atoms with Crippen LogP contribution in [-0.2, 0) is 0 Å². The summed E-state index contributed by atoms with van der Waals surface area (Å²) >= 11 is 0. The lowest BCUT2D eigenvalue weighted by Crippen LogP contribution is -1.94. The number of nitrogens with two attached hydrogens (primary N) is 3. The maximum Gasteiger partial charge on any atom is 0.0972 e. The third-order valence-corrected chi connectivity index (χ3v) is 9.00. The Kier molecular flexibility index (Phi) is 6.45. The van der Waals surface area contributed by atoms with E-state index >= 15 is 0 Å². The van der Waals surface area contributed by atoms with E-state index in [0.717, 1.165) is 100 Å². The molecule has 0 saturated heterocycles. The van der Waals surface area contributed by atoms with Crippen LogP contribution < -0.4 is 17.2 Å². The largest absolute Gasteiger partial charge is 0.399 e. The molecule has 0 atom stereocenters. The molecule has 7 heteroatoms. The van der Waals surface area contributed by atoms with Gasteiger partial charge >= 0.3 is 0 Å². The maximum atomic E-state index is 6.53. The zero-order valence-electron chi connectivity index (χ0n) is 26.3. The average Bonchev–Trinajstić information content (AvgIpc) is 3.14. The zero-order chi connectivity index (χ0) is 33.1. The smallest absolute Gasteiger partial charge is 0.0972 e. The fourth-order valence-corrected chi connectivity index (χ4v) is 6.43. The molecule has 6 N–H and O–H groups in total. The highest BCUT2D eigenvalue weighted by atomic mass is 14.8. The van der Waals surface area contributed by atoms with Gasteiger partial charge in [0.2, 0.25) is 0 Å². The lowest BCUT2D eigenvalue weighted by atomic mass is 10.0. The van der Waals surface area contributed by atoms with Crippen LogP contribution in [0.25, 0.3) is 88.6 Å². The predicted octanol–water partition coefficient (Wildman–Crippen LogP) is 9.29. The van der Waals surface area contributed by atoms with Gasteiger partial charge in [0.1, 0.15) is 0 Å². The van der Waals surface area contributed by atoms with Crippen molar-refractivity contribution in [1.29, 1.82) is 0 Å². The summed E-state index contributed by atoms with van der Waals surface area (Å²) in [6.45, 7) is 0. The first-order chi connectivity index (χ1) is 23.9. The lowest BCUT2D eigenvalue weighted by molar-refractivity contribution is 1.35. The van der Waals surface area contributed by atoms with Crippen molar-refractivity contribution >= 4 is 60.7 Å². The number of fused-ring (bicyclic) bond motifs is 6. The van der Waals surface area contributed by atoms with E-state index in [1.165, 1.54) is 0 Å². The SMILES string of the molecule is Nc1ccc(-c2ccc3ccc4ccc(-c5cc(N)cc(-c6ccc7ccc8ccc(-c9ccc(N)cc9)nc8c7n6)c5)nc4c3n2)cc1. The Bertz CT molecular complexity index is 2550. The Morgan fingerprint density at radius 1 is 0.265 bits per heavy atom. The van der Waals surface area contributed by atoms with E-state index in [1.54, 1.807) is 0 Å². The molecule has 7 nitrogen and oxygen atoms in total. The van der Waals surface area contributed by atoms with Gasteiger partial charge in [-0.3, -0.25) is 0 Å². The third kappa shape index (κ3) is 5.10. The minimum atomic E-state index is 0.625. The number of nitrogens with zero attached hydrogens (tertiary/aromatic N) is 4. The van der Waals surface area contributed by atoms with Crippen LogP contribution in [0.2, 0.25) is 0 Å². The van der Waals surface area contributed by atoms with Gasteiger partial charge in [0, 0.05) is 60.9 Å². The maximum absolute atomic E-state index is 6.53. The van der Waals surface area contributed by atoms with Crippen molar-refractivity contribution in [2.45, 2.75) is 0 Å². The van der Waals surface area contributed by atoms with Crippen molar-refractivity contribution in [2.24, 2.45) is 0 Å². The molecule has 9 aromatic rings. The number of pyridine rings is 4. The molecule has 9 rings (SSSR count). The van der Waals surface area contributed by atoms with Crippen LogP contribution in [-0.4, -0.2) is 19.9 Å². The average molecular weight is 632 g/mol. The Balaban J connectivity index is 1.15. The molecule has 0 bridgehead atoms. The van der Waals surface area contributed by atoms with E-state index in [2.05, 4.69) is 54.6 Å². The van der Waals surface area contributed by atoms with E-state index in [1.807, 2.05) is 84.9 Å². The molecule has 0 saturated carbocycles. The summed E-state index contributed by atoms with van der Waals surface area (Å²) in [5, 5.41) is 4.06. The molecular formula is C42H29N7. The van der Waals surface area contributed by atoms with Gasteiger partial charge in [-0.25, -0.2) is 19.9 Å². The topological polar surface area (TPSA) is 130 Å². The molecule has 0 aliphatic heterocycles. The number of rotatable bonds is 4. The van der Waals surface area contributed by atoms with Gasteiger partial charge in [0.15, 0.2) is 0 Å².